The molecule has 0 aromatic heterocycles. The van der Waals surface area contributed by atoms with E-state index in [0.717, 1.165) is 18.3 Å². The zero-order valence-corrected chi connectivity index (χ0v) is 21.9. The van der Waals surface area contributed by atoms with Gasteiger partial charge in [-0.15, -0.1) is 0 Å². The summed E-state index contributed by atoms with van der Waals surface area (Å²) < 4.78 is 0. The third-order valence-electron chi connectivity index (χ3n) is 12.7. The van der Waals surface area contributed by atoms with E-state index < -0.39 is 0 Å². The van der Waals surface area contributed by atoms with Crippen LogP contribution in [0.3, 0.4) is 0 Å². The number of aliphatic hydroxyl groups is 1. The van der Waals surface area contributed by atoms with Crippen LogP contribution < -0.4 is 0 Å². The summed E-state index contributed by atoms with van der Waals surface area (Å²) in [6, 6.07) is 0. The molecule has 0 spiro atoms. The Balaban J connectivity index is 1.56. The van der Waals surface area contributed by atoms with Crippen molar-refractivity contribution in [2.75, 3.05) is 0 Å². The minimum absolute atomic E-state index is 0.0575. The molecule has 1 nitrogen and oxygen atoms in total. The first-order valence-corrected chi connectivity index (χ1v) is 13.6. The molecule has 5 aliphatic rings. The molecule has 8 atom stereocenters. The van der Waals surface area contributed by atoms with Crippen molar-refractivity contribution >= 4 is 0 Å². The van der Waals surface area contributed by atoms with Gasteiger partial charge in [0.15, 0.2) is 0 Å². The highest BCUT2D eigenvalue weighted by molar-refractivity contribution is 5.34. The molecule has 4 fully saturated rings. The topological polar surface area (TPSA) is 20.2 Å². The van der Waals surface area contributed by atoms with Crippen molar-refractivity contribution in [1.82, 2.24) is 0 Å². The smallest absolute Gasteiger partial charge is 0.0594 e. The highest BCUT2D eigenvalue weighted by Gasteiger charge is 2.66. The van der Waals surface area contributed by atoms with Crippen molar-refractivity contribution in [3.8, 4) is 0 Å². The van der Waals surface area contributed by atoms with Gasteiger partial charge in [0.05, 0.1) is 6.10 Å². The molecular formula is C30H50O. The molecule has 0 amide bonds. The van der Waals surface area contributed by atoms with Crippen LogP contribution in [0.2, 0.25) is 0 Å². The van der Waals surface area contributed by atoms with Crippen LogP contribution in [0.15, 0.2) is 11.6 Å². The third-order valence-corrected chi connectivity index (χ3v) is 12.7. The van der Waals surface area contributed by atoms with Gasteiger partial charge in [-0.3, -0.25) is 0 Å². The average Bonchev–Trinajstić information content (AvgIpc) is 2.66. The largest absolute Gasteiger partial charge is 0.393 e. The van der Waals surface area contributed by atoms with Crippen LogP contribution in [0, 0.1) is 50.2 Å². The standard InChI is InChI=1S/C30H50O/c1-25(2)17-18-27(5)13-9-21-29(7)14-10-20-26(3,4)24(31)12-16-28(20,6)22(29)11-15-30(21,8)23(27)19-25/h9,20,22-24,31H,10-19H2,1-8H3/t20-,22+,23-,24-,27+,28+,29-,30+/m1/s1. The Hall–Kier alpha value is -0.300. The fourth-order valence-corrected chi connectivity index (χ4v) is 10.8. The maximum atomic E-state index is 10.9. The summed E-state index contributed by atoms with van der Waals surface area (Å²) in [5.41, 5.74) is 4.07. The van der Waals surface area contributed by atoms with Crippen molar-refractivity contribution in [3.05, 3.63) is 11.6 Å². The van der Waals surface area contributed by atoms with Gasteiger partial charge in [-0.2, -0.15) is 0 Å². The molecule has 0 heterocycles. The van der Waals surface area contributed by atoms with Crippen molar-refractivity contribution in [2.45, 2.75) is 126 Å². The Morgan fingerprint density at radius 2 is 1.32 bits per heavy atom. The summed E-state index contributed by atoms with van der Waals surface area (Å²) in [4.78, 5) is 0. The highest BCUT2D eigenvalue weighted by atomic mass is 16.3. The summed E-state index contributed by atoms with van der Waals surface area (Å²) in [6.07, 6.45) is 15.8. The van der Waals surface area contributed by atoms with E-state index in [1.54, 1.807) is 0 Å². The van der Waals surface area contributed by atoms with Crippen LogP contribution in [0.5, 0.6) is 0 Å². The lowest BCUT2D eigenvalue weighted by Crippen LogP contribution is -2.63. The van der Waals surface area contributed by atoms with E-state index in [9.17, 15) is 5.11 Å². The molecular weight excluding hydrogens is 376 g/mol. The Labute approximate surface area is 192 Å². The summed E-state index contributed by atoms with van der Waals surface area (Å²) in [5.74, 6) is 2.29. The van der Waals surface area contributed by atoms with Gasteiger partial charge < -0.3 is 5.11 Å². The van der Waals surface area contributed by atoms with Gasteiger partial charge in [0, 0.05) is 0 Å². The van der Waals surface area contributed by atoms with Gasteiger partial charge in [0.2, 0.25) is 0 Å². The third kappa shape index (κ3) is 2.83. The summed E-state index contributed by atoms with van der Waals surface area (Å²) in [5, 5.41) is 10.9. The second kappa shape index (κ2) is 6.43. The Morgan fingerprint density at radius 1 is 0.710 bits per heavy atom. The van der Waals surface area contributed by atoms with Gasteiger partial charge in [0.1, 0.15) is 0 Å². The van der Waals surface area contributed by atoms with Gasteiger partial charge in [0.25, 0.3) is 0 Å². The number of hydrogen-bond acceptors (Lipinski definition) is 1. The SMILES string of the molecule is CC1(C)CC[C@]2(C)CC=C3[C@](C)(CC[C@H]4[C@@]5(C)CC[C@@H](O)C(C)(C)[C@H]5CC[C@]34C)[C@@H]2C1. The first-order chi connectivity index (χ1) is 14.2. The van der Waals surface area contributed by atoms with Crippen molar-refractivity contribution < 1.29 is 5.11 Å². The lowest BCUT2D eigenvalue weighted by atomic mass is 9.35. The number of hydrogen-bond donors (Lipinski definition) is 1. The van der Waals surface area contributed by atoms with Gasteiger partial charge in [-0.05, 0) is 114 Å². The first-order valence-electron chi connectivity index (χ1n) is 13.6. The molecule has 0 unspecified atom stereocenters. The second-order valence-electron chi connectivity index (χ2n) is 15.3. The molecule has 176 valence electrons. The molecule has 4 saturated carbocycles. The van der Waals surface area contributed by atoms with Gasteiger partial charge in [-0.25, -0.2) is 0 Å². The van der Waals surface area contributed by atoms with E-state index in [4.69, 9.17) is 0 Å². The van der Waals surface area contributed by atoms with Crippen LogP contribution >= 0.6 is 0 Å². The fraction of sp³-hybridized carbons (Fsp3) is 0.933. The van der Waals surface area contributed by atoms with Crippen LogP contribution in [0.1, 0.15) is 120 Å². The summed E-state index contributed by atoms with van der Waals surface area (Å²) in [7, 11) is 0. The summed E-state index contributed by atoms with van der Waals surface area (Å²) >= 11 is 0. The number of rotatable bonds is 0. The molecule has 1 N–H and O–H groups in total. The van der Waals surface area contributed by atoms with E-state index in [0.29, 0.717) is 33.0 Å². The molecule has 0 aromatic carbocycles. The maximum absolute atomic E-state index is 10.9. The van der Waals surface area contributed by atoms with Crippen LogP contribution in [-0.2, 0) is 0 Å². The normalized spacial score (nSPS) is 55.2. The minimum Gasteiger partial charge on any atom is -0.393 e. The lowest BCUT2D eigenvalue weighted by molar-refractivity contribution is -0.184. The Kier molecular flexibility index (Phi) is 4.66. The molecule has 0 aromatic rings. The van der Waals surface area contributed by atoms with E-state index in [-0.39, 0.29) is 11.5 Å². The quantitative estimate of drug-likeness (QED) is 0.387. The average molecular weight is 427 g/mol. The predicted molar refractivity (Wildman–Crippen MR) is 131 cm³/mol. The molecule has 5 rings (SSSR count). The van der Waals surface area contributed by atoms with Gasteiger partial charge >= 0.3 is 0 Å². The number of allylic oxidation sites excluding steroid dienone is 2. The predicted octanol–water partition coefficient (Wildman–Crippen LogP) is 8.17. The maximum Gasteiger partial charge on any atom is 0.0594 e. The zero-order valence-electron chi connectivity index (χ0n) is 21.9. The second-order valence-corrected chi connectivity index (χ2v) is 15.3. The first kappa shape index (κ1) is 22.5. The van der Waals surface area contributed by atoms with Crippen LogP contribution in [0.25, 0.3) is 0 Å². The summed E-state index contributed by atoms with van der Waals surface area (Å²) in [6.45, 7) is 20.4. The van der Waals surface area contributed by atoms with E-state index in [2.05, 4.69) is 61.5 Å². The number of fused-ring (bicyclic) bond motifs is 7. The van der Waals surface area contributed by atoms with Crippen LogP contribution in [0.4, 0.5) is 0 Å². The number of aliphatic hydroxyl groups excluding tert-OH is 1. The molecule has 0 saturated heterocycles. The molecule has 1 heteroatoms. The molecule has 0 aliphatic heterocycles. The lowest BCUT2D eigenvalue weighted by Gasteiger charge is -2.70. The van der Waals surface area contributed by atoms with Crippen molar-refractivity contribution in [2.24, 2.45) is 50.2 Å². The molecule has 0 bridgehead atoms. The monoisotopic (exact) mass is 426 g/mol. The molecule has 31 heavy (non-hydrogen) atoms. The van der Waals surface area contributed by atoms with Crippen LogP contribution in [-0.4, -0.2) is 11.2 Å². The van der Waals surface area contributed by atoms with E-state index in [1.807, 2.05) is 5.57 Å². The van der Waals surface area contributed by atoms with Crippen molar-refractivity contribution in [1.29, 1.82) is 0 Å². The molecule has 0 radical (unpaired) electrons. The Bertz CT molecular complexity index is 790. The van der Waals surface area contributed by atoms with E-state index >= 15 is 0 Å². The highest BCUT2D eigenvalue weighted by Crippen LogP contribution is 2.74. The molecule has 5 aliphatic carbocycles. The van der Waals surface area contributed by atoms with E-state index in [1.165, 1.54) is 57.8 Å². The Morgan fingerprint density at radius 3 is 2.00 bits per heavy atom. The fourth-order valence-electron chi connectivity index (χ4n) is 10.8. The minimum atomic E-state index is -0.122. The zero-order chi connectivity index (χ0) is 22.7. The van der Waals surface area contributed by atoms with Gasteiger partial charge in [-0.1, -0.05) is 67.0 Å². The van der Waals surface area contributed by atoms with Crippen molar-refractivity contribution in [3.63, 3.8) is 0 Å².